The molecule has 1 aliphatic rings. The summed E-state index contributed by atoms with van der Waals surface area (Å²) >= 11 is 0. The molecular weight excluding hydrogens is 304 g/mol. The van der Waals surface area contributed by atoms with Crippen LogP contribution in [0.15, 0.2) is 54.6 Å². The van der Waals surface area contributed by atoms with Crippen LogP contribution >= 0.6 is 0 Å². The summed E-state index contributed by atoms with van der Waals surface area (Å²) in [6.45, 7) is 0.846. The molecule has 2 aromatic carbocycles. The predicted octanol–water partition coefficient (Wildman–Crippen LogP) is 2.36. The molecule has 1 N–H and O–H groups in total. The Hall–Kier alpha value is -2.82. The van der Waals surface area contributed by atoms with E-state index in [1.165, 1.54) is 0 Å². The molecule has 2 amide bonds. The highest BCUT2D eigenvalue weighted by Crippen LogP contribution is 2.25. The molecule has 1 saturated heterocycles. The Balaban J connectivity index is 1.59. The molecule has 0 radical (unpaired) electrons. The van der Waals surface area contributed by atoms with Gasteiger partial charge in [0.05, 0.1) is 13.0 Å². The van der Waals surface area contributed by atoms with Gasteiger partial charge in [0, 0.05) is 25.2 Å². The van der Waals surface area contributed by atoms with Gasteiger partial charge < -0.3 is 15.0 Å². The smallest absolute Gasteiger partial charge is 0.227 e. The van der Waals surface area contributed by atoms with Crippen LogP contribution in [-0.2, 0) is 16.1 Å². The van der Waals surface area contributed by atoms with Crippen LogP contribution in [0.2, 0.25) is 0 Å². The van der Waals surface area contributed by atoms with Crippen LogP contribution in [-0.4, -0.2) is 25.5 Å². The van der Waals surface area contributed by atoms with E-state index in [-0.39, 0.29) is 24.2 Å². The van der Waals surface area contributed by atoms with E-state index in [1.807, 2.05) is 54.6 Å². The molecule has 3 rings (SSSR count). The van der Waals surface area contributed by atoms with Gasteiger partial charge in [-0.25, -0.2) is 0 Å². The number of anilines is 1. The predicted molar refractivity (Wildman–Crippen MR) is 91.7 cm³/mol. The van der Waals surface area contributed by atoms with E-state index >= 15 is 0 Å². The lowest BCUT2D eigenvalue weighted by molar-refractivity contribution is -0.126. The molecule has 1 atom stereocenters. The second-order valence-corrected chi connectivity index (χ2v) is 5.81. The average molecular weight is 324 g/mol. The third kappa shape index (κ3) is 3.56. The molecule has 124 valence electrons. The van der Waals surface area contributed by atoms with Crippen molar-refractivity contribution in [1.82, 2.24) is 5.32 Å². The Morgan fingerprint density at radius 2 is 2.00 bits per heavy atom. The van der Waals surface area contributed by atoms with Crippen molar-refractivity contribution in [2.45, 2.75) is 13.0 Å². The van der Waals surface area contributed by atoms with Gasteiger partial charge >= 0.3 is 0 Å². The zero-order valence-corrected chi connectivity index (χ0v) is 13.6. The molecule has 0 aliphatic carbocycles. The summed E-state index contributed by atoms with van der Waals surface area (Å²) in [5.74, 6) is 0.337. The number of para-hydroxylation sites is 1. The van der Waals surface area contributed by atoms with E-state index in [4.69, 9.17) is 4.74 Å². The number of ether oxygens (including phenoxy) is 1. The van der Waals surface area contributed by atoms with Crippen LogP contribution in [0.1, 0.15) is 12.0 Å². The van der Waals surface area contributed by atoms with Gasteiger partial charge in [-0.15, -0.1) is 0 Å². The molecule has 5 heteroatoms. The number of benzene rings is 2. The van der Waals surface area contributed by atoms with Gasteiger partial charge in [0.15, 0.2) is 0 Å². The van der Waals surface area contributed by atoms with Crippen LogP contribution in [0, 0.1) is 5.92 Å². The number of carbonyl (C=O) groups excluding carboxylic acids is 2. The summed E-state index contributed by atoms with van der Waals surface area (Å²) in [5, 5.41) is 2.91. The third-order valence-electron chi connectivity index (χ3n) is 4.16. The molecule has 0 spiro atoms. The molecule has 1 heterocycles. The van der Waals surface area contributed by atoms with Crippen molar-refractivity contribution < 1.29 is 14.3 Å². The van der Waals surface area contributed by atoms with E-state index < -0.39 is 0 Å². The number of hydrogen-bond acceptors (Lipinski definition) is 3. The van der Waals surface area contributed by atoms with Gasteiger partial charge in [0.25, 0.3) is 0 Å². The van der Waals surface area contributed by atoms with E-state index in [1.54, 1.807) is 12.0 Å². The fourth-order valence-corrected chi connectivity index (χ4v) is 2.86. The number of hydrogen-bond donors (Lipinski definition) is 1. The minimum absolute atomic E-state index is 0.0114. The van der Waals surface area contributed by atoms with E-state index in [2.05, 4.69) is 5.32 Å². The molecule has 0 aromatic heterocycles. The second kappa shape index (κ2) is 7.17. The Morgan fingerprint density at radius 1 is 1.21 bits per heavy atom. The molecule has 5 nitrogen and oxygen atoms in total. The van der Waals surface area contributed by atoms with Crippen LogP contribution in [0.4, 0.5) is 5.69 Å². The summed E-state index contributed by atoms with van der Waals surface area (Å²) in [7, 11) is 1.61. The lowest BCUT2D eigenvalue weighted by Crippen LogP contribution is -2.32. The Bertz CT molecular complexity index is 730. The fourth-order valence-electron chi connectivity index (χ4n) is 2.86. The summed E-state index contributed by atoms with van der Waals surface area (Å²) in [4.78, 5) is 26.2. The molecular formula is C19H20N2O3. The molecule has 0 bridgehead atoms. The Labute approximate surface area is 141 Å². The lowest BCUT2D eigenvalue weighted by Gasteiger charge is -2.16. The van der Waals surface area contributed by atoms with Crippen LogP contribution in [0.25, 0.3) is 0 Å². The van der Waals surface area contributed by atoms with Crippen molar-refractivity contribution in [1.29, 1.82) is 0 Å². The molecule has 2 aromatic rings. The lowest BCUT2D eigenvalue weighted by atomic mass is 10.1. The topological polar surface area (TPSA) is 58.6 Å². The first kappa shape index (κ1) is 16.1. The average Bonchev–Trinajstić information content (AvgIpc) is 3.02. The highest BCUT2D eigenvalue weighted by Gasteiger charge is 2.34. The van der Waals surface area contributed by atoms with Gasteiger partial charge in [-0.3, -0.25) is 9.59 Å². The van der Waals surface area contributed by atoms with Gasteiger partial charge in [0.1, 0.15) is 5.75 Å². The van der Waals surface area contributed by atoms with Crippen molar-refractivity contribution in [3.8, 4) is 5.75 Å². The summed E-state index contributed by atoms with van der Waals surface area (Å²) in [6, 6.07) is 17.0. The number of methoxy groups -OCH3 is 1. The van der Waals surface area contributed by atoms with E-state index in [0.29, 0.717) is 13.1 Å². The summed E-state index contributed by atoms with van der Waals surface area (Å²) in [6.07, 6.45) is 0.249. The van der Waals surface area contributed by atoms with Crippen molar-refractivity contribution in [3.05, 3.63) is 60.2 Å². The van der Waals surface area contributed by atoms with Crippen molar-refractivity contribution in [3.63, 3.8) is 0 Å². The third-order valence-corrected chi connectivity index (χ3v) is 4.16. The van der Waals surface area contributed by atoms with Gasteiger partial charge in [0.2, 0.25) is 11.8 Å². The molecule has 0 saturated carbocycles. The molecule has 1 fully saturated rings. The minimum Gasteiger partial charge on any atom is -0.497 e. The quantitative estimate of drug-likeness (QED) is 0.918. The molecule has 24 heavy (non-hydrogen) atoms. The first-order valence-electron chi connectivity index (χ1n) is 7.93. The standard InChI is InChI=1S/C19H20N2O3/c1-24-17-9-5-6-14(10-17)12-20-19(23)15-11-18(22)21(13-15)16-7-3-2-4-8-16/h2-10,15H,11-13H2,1H3,(H,20,23)/t15-/m1/s1. The van der Waals surface area contributed by atoms with Gasteiger partial charge in [-0.2, -0.15) is 0 Å². The highest BCUT2D eigenvalue weighted by atomic mass is 16.5. The highest BCUT2D eigenvalue weighted by molar-refractivity contribution is 6.00. The second-order valence-electron chi connectivity index (χ2n) is 5.81. The normalized spacial score (nSPS) is 17.0. The number of carbonyl (C=O) groups is 2. The zero-order valence-electron chi connectivity index (χ0n) is 13.6. The maximum Gasteiger partial charge on any atom is 0.227 e. The summed E-state index contributed by atoms with van der Waals surface area (Å²) < 4.78 is 5.17. The van der Waals surface area contributed by atoms with Crippen LogP contribution < -0.4 is 15.0 Å². The maximum absolute atomic E-state index is 12.4. The largest absolute Gasteiger partial charge is 0.497 e. The van der Waals surface area contributed by atoms with Gasteiger partial charge in [-0.1, -0.05) is 30.3 Å². The monoisotopic (exact) mass is 324 g/mol. The fraction of sp³-hybridized carbons (Fsp3) is 0.263. The number of rotatable bonds is 5. The number of nitrogens with one attached hydrogen (secondary N) is 1. The Kier molecular flexibility index (Phi) is 4.79. The number of amides is 2. The van der Waals surface area contributed by atoms with E-state index in [9.17, 15) is 9.59 Å². The first-order chi connectivity index (χ1) is 11.7. The van der Waals surface area contributed by atoms with Crippen molar-refractivity contribution in [2.75, 3.05) is 18.6 Å². The molecule has 1 aliphatic heterocycles. The van der Waals surface area contributed by atoms with Crippen LogP contribution in [0.5, 0.6) is 5.75 Å². The summed E-state index contributed by atoms with van der Waals surface area (Å²) in [5.41, 5.74) is 1.80. The Morgan fingerprint density at radius 3 is 2.75 bits per heavy atom. The SMILES string of the molecule is COc1cccc(CNC(=O)[C@@H]2CC(=O)N(c3ccccc3)C2)c1. The van der Waals surface area contributed by atoms with Crippen LogP contribution in [0.3, 0.4) is 0 Å². The van der Waals surface area contributed by atoms with Crippen molar-refractivity contribution in [2.24, 2.45) is 5.92 Å². The van der Waals surface area contributed by atoms with Gasteiger partial charge in [-0.05, 0) is 29.8 Å². The van der Waals surface area contributed by atoms with E-state index in [0.717, 1.165) is 17.0 Å². The zero-order chi connectivity index (χ0) is 16.9. The first-order valence-corrected chi connectivity index (χ1v) is 7.93. The molecule has 0 unspecified atom stereocenters. The maximum atomic E-state index is 12.4. The number of nitrogens with zero attached hydrogens (tertiary/aromatic N) is 1. The minimum atomic E-state index is -0.316. The van der Waals surface area contributed by atoms with Crippen molar-refractivity contribution >= 4 is 17.5 Å².